The number of ether oxygens (including phenoxy) is 2. The zero-order chi connectivity index (χ0) is 28.6. The first-order chi connectivity index (χ1) is 19.8. The number of benzene rings is 1. The van der Waals surface area contributed by atoms with Gasteiger partial charge in [0.25, 0.3) is 0 Å². The van der Waals surface area contributed by atoms with E-state index in [-0.39, 0.29) is 30.4 Å². The van der Waals surface area contributed by atoms with E-state index in [0.29, 0.717) is 62.7 Å². The van der Waals surface area contributed by atoms with E-state index in [1.54, 1.807) is 13.1 Å². The lowest BCUT2D eigenvalue weighted by Gasteiger charge is -2.35. The van der Waals surface area contributed by atoms with E-state index in [1.807, 2.05) is 10.9 Å². The summed E-state index contributed by atoms with van der Waals surface area (Å²) in [6.07, 6.45) is 8.04. The minimum atomic E-state index is -3.36. The first-order valence-corrected chi connectivity index (χ1v) is 15.8. The first kappa shape index (κ1) is 28.0. The molecular formula is C28H34F2N6O4S. The van der Waals surface area contributed by atoms with Gasteiger partial charge in [-0.3, -0.25) is 0 Å². The minimum absolute atomic E-state index is 0.0354. The minimum Gasteiger partial charge on any atom is -0.487 e. The van der Waals surface area contributed by atoms with Crippen molar-refractivity contribution in [1.29, 1.82) is 0 Å². The molecule has 1 unspecified atom stereocenters. The van der Waals surface area contributed by atoms with Crippen LogP contribution >= 0.6 is 0 Å². The smallest absolute Gasteiger partial charge is 0.214 e. The standard InChI is InChI=1S/C28H34F2N6O4S/c1-2-41(37,38)35-13-10-23-24(18-35)32-27(19-16-31-36(17-19)26-5-3-4-14-39-26)28(33-23)34-11-8-21(9-12-34)40-25-7-6-20(29)15-22(25)30/h6-7,15-17,21,26H,2-5,8-14,18H2,1H3. The monoisotopic (exact) mass is 588 g/mol. The number of sulfonamides is 1. The molecule has 0 radical (unpaired) electrons. The Hall–Kier alpha value is -3.16. The molecule has 5 heterocycles. The quantitative estimate of drug-likeness (QED) is 0.407. The lowest BCUT2D eigenvalue weighted by molar-refractivity contribution is -0.0394. The average Bonchev–Trinajstić information content (AvgIpc) is 3.49. The molecule has 0 aliphatic carbocycles. The number of hydrogen-bond donors (Lipinski definition) is 0. The predicted molar refractivity (Wildman–Crippen MR) is 148 cm³/mol. The van der Waals surface area contributed by atoms with Gasteiger partial charge in [-0.15, -0.1) is 0 Å². The zero-order valence-corrected chi connectivity index (χ0v) is 23.8. The molecule has 0 spiro atoms. The number of fused-ring (bicyclic) bond motifs is 1. The molecule has 0 saturated carbocycles. The summed E-state index contributed by atoms with van der Waals surface area (Å²) in [6, 6.07) is 3.33. The Morgan fingerprint density at radius 3 is 2.63 bits per heavy atom. The highest BCUT2D eigenvalue weighted by molar-refractivity contribution is 7.89. The largest absolute Gasteiger partial charge is 0.487 e. The maximum atomic E-state index is 14.2. The second-order valence-corrected chi connectivity index (χ2v) is 12.9. The normalized spacial score (nSPS) is 20.7. The van der Waals surface area contributed by atoms with Crippen LogP contribution in [0.1, 0.15) is 56.6 Å². The molecule has 0 amide bonds. The van der Waals surface area contributed by atoms with Crippen molar-refractivity contribution in [3.05, 3.63) is 53.6 Å². The molecule has 2 fully saturated rings. The number of aromatic nitrogens is 4. The van der Waals surface area contributed by atoms with Crippen LogP contribution in [0.15, 0.2) is 30.6 Å². The molecular weight excluding hydrogens is 554 g/mol. The molecule has 3 aliphatic heterocycles. The van der Waals surface area contributed by atoms with E-state index in [9.17, 15) is 17.2 Å². The summed E-state index contributed by atoms with van der Waals surface area (Å²) < 4.78 is 67.7. The first-order valence-electron chi connectivity index (χ1n) is 14.2. The molecule has 220 valence electrons. The summed E-state index contributed by atoms with van der Waals surface area (Å²) in [5.41, 5.74) is 2.87. The molecule has 3 aliphatic rings. The van der Waals surface area contributed by atoms with Crippen LogP contribution < -0.4 is 9.64 Å². The van der Waals surface area contributed by atoms with E-state index in [1.165, 1.54) is 16.4 Å². The molecule has 13 heteroatoms. The van der Waals surface area contributed by atoms with Crippen molar-refractivity contribution in [1.82, 2.24) is 24.1 Å². The Kier molecular flexibility index (Phi) is 7.92. The molecule has 1 atom stereocenters. The second-order valence-electron chi connectivity index (χ2n) is 10.7. The van der Waals surface area contributed by atoms with Crippen LogP contribution in [-0.2, 0) is 27.7 Å². The van der Waals surface area contributed by atoms with Gasteiger partial charge in [-0.2, -0.15) is 9.40 Å². The third kappa shape index (κ3) is 5.93. The van der Waals surface area contributed by atoms with Crippen LogP contribution in [0.2, 0.25) is 0 Å². The Morgan fingerprint density at radius 2 is 1.90 bits per heavy atom. The van der Waals surface area contributed by atoms with Gasteiger partial charge in [0, 0.05) is 63.3 Å². The van der Waals surface area contributed by atoms with Crippen molar-refractivity contribution in [2.45, 2.75) is 64.3 Å². The maximum Gasteiger partial charge on any atom is 0.214 e. The molecule has 3 aromatic rings. The van der Waals surface area contributed by atoms with Crippen LogP contribution in [-0.4, -0.2) is 70.6 Å². The fraction of sp³-hybridized carbons (Fsp3) is 0.536. The van der Waals surface area contributed by atoms with Gasteiger partial charge >= 0.3 is 0 Å². The Morgan fingerprint density at radius 1 is 1.07 bits per heavy atom. The van der Waals surface area contributed by atoms with Gasteiger partial charge < -0.3 is 14.4 Å². The van der Waals surface area contributed by atoms with Crippen molar-refractivity contribution < 1.29 is 26.7 Å². The fourth-order valence-corrected chi connectivity index (χ4v) is 6.67. The molecule has 0 bridgehead atoms. The summed E-state index contributed by atoms with van der Waals surface area (Å²) in [5, 5.41) is 4.57. The summed E-state index contributed by atoms with van der Waals surface area (Å²) in [7, 11) is -3.36. The lowest BCUT2D eigenvalue weighted by atomic mass is 10.1. The van der Waals surface area contributed by atoms with Crippen LogP contribution in [0.4, 0.5) is 14.6 Å². The van der Waals surface area contributed by atoms with Crippen molar-refractivity contribution in [2.24, 2.45) is 0 Å². The highest BCUT2D eigenvalue weighted by atomic mass is 32.2. The van der Waals surface area contributed by atoms with Crippen LogP contribution in [0.25, 0.3) is 11.3 Å². The van der Waals surface area contributed by atoms with Crippen LogP contribution in [0.5, 0.6) is 5.75 Å². The molecule has 6 rings (SSSR count). The van der Waals surface area contributed by atoms with Gasteiger partial charge in [0.1, 0.15) is 23.8 Å². The number of anilines is 1. The molecule has 2 saturated heterocycles. The second kappa shape index (κ2) is 11.6. The molecule has 1 aromatic carbocycles. The molecule has 41 heavy (non-hydrogen) atoms. The van der Waals surface area contributed by atoms with Gasteiger partial charge in [0.2, 0.25) is 10.0 Å². The van der Waals surface area contributed by atoms with Crippen LogP contribution in [0.3, 0.4) is 0 Å². The van der Waals surface area contributed by atoms with Gasteiger partial charge in [-0.05, 0) is 38.3 Å². The molecule has 0 N–H and O–H groups in total. The average molecular weight is 589 g/mol. The van der Waals surface area contributed by atoms with E-state index in [2.05, 4.69) is 10.00 Å². The summed E-state index contributed by atoms with van der Waals surface area (Å²) in [6.45, 7) is 4.10. The SMILES string of the molecule is CCS(=O)(=O)N1CCc2nc(N3CCC(Oc4ccc(F)cc4F)CC3)c(-c3cnn(C4CCCCO4)c3)nc2C1. The number of piperidine rings is 1. The molecule has 10 nitrogen and oxygen atoms in total. The summed E-state index contributed by atoms with van der Waals surface area (Å²) >= 11 is 0. The van der Waals surface area contributed by atoms with E-state index < -0.39 is 21.7 Å². The third-order valence-electron chi connectivity index (χ3n) is 7.97. The van der Waals surface area contributed by atoms with Gasteiger partial charge in [0.05, 0.1) is 29.9 Å². The Labute approximate surface area is 238 Å². The van der Waals surface area contributed by atoms with Crippen molar-refractivity contribution in [2.75, 3.05) is 36.9 Å². The Balaban J connectivity index is 1.27. The highest BCUT2D eigenvalue weighted by Crippen LogP contribution is 2.34. The Bertz CT molecular complexity index is 1500. The number of hydrogen-bond acceptors (Lipinski definition) is 8. The van der Waals surface area contributed by atoms with Crippen molar-refractivity contribution in [3.8, 4) is 17.0 Å². The van der Waals surface area contributed by atoms with E-state index in [4.69, 9.17) is 19.4 Å². The third-order valence-corrected chi connectivity index (χ3v) is 9.80. The van der Waals surface area contributed by atoms with Crippen molar-refractivity contribution >= 4 is 15.8 Å². The predicted octanol–water partition coefficient (Wildman–Crippen LogP) is 4.07. The molecule has 2 aromatic heterocycles. The number of halogens is 2. The summed E-state index contributed by atoms with van der Waals surface area (Å²) in [4.78, 5) is 12.2. The van der Waals surface area contributed by atoms with Gasteiger partial charge in [-0.25, -0.2) is 31.8 Å². The summed E-state index contributed by atoms with van der Waals surface area (Å²) in [5.74, 6) is -0.562. The fourth-order valence-electron chi connectivity index (χ4n) is 5.62. The van der Waals surface area contributed by atoms with E-state index in [0.717, 1.165) is 36.6 Å². The maximum absolute atomic E-state index is 14.2. The highest BCUT2D eigenvalue weighted by Gasteiger charge is 2.31. The number of nitrogens with zero attached hydrogens (tertiary/aromatic N) is 6. The van der Waals surface area contributed by atoms with Gasteiger partial charge in [-0.1, -0.05) is 0 Å². The van der Waals surface area contributed by atoms with Crippen LogP contribution in [0, 0.1) is 11.6 Å². The van der Waals surface area contributed by atoms with Gasteiger partial charge in [0.15, 0.2) is 17.4 Å². The topological polar surface area (TPSA) is 103 Å². The lowest BCUT2D eigenvalue weighted by Crippen LogP contribution is -2.40. The zero-order valence-electron chi connectivity index (χ0n) is 23.0. The van der Waals surface area contributed by atoms with E-state index >= 15 is 0 Å². The number of rotatable bonds is 7. The van der Waals surface area contributed by atoms with Crippen molar-refractivity contribution in [3.63, 3.8) is 0 Å².